The van der Waals surface area contributed by atoms with E-state index in [2.05, 4.69) is 10.9 Å². The Labute approximate surface area is 149 Å². The number of ether oxygens (including phenoxy) is 1. The summed E-state index contributed by atoms with van der Waals surface area (Å²) in [6.45, 7) is 3.54. The van der Waals surface area contributed by atoms with Crippen molar-refractivity contribution in [2.24, 2.45) is 5.14 Å². The molecular formula is C15H17N3O5S2. The number of hydrogen-bond donors (Lipinski definition) is 3. The van der Waals surface area contributed by atoms with Crippen LogP contribution in [0.15, 0.2) is 33.9 Å². The first-order valence-corrected chi connectivity index (χ1v) is 9.49. The molecule has 0 aliphatic rings. The summed E-state index contributed by atoms with van der Waals surface area (Å²) in [7, 11) is -3.86. The molecule has 0 fully saturated rings. The molecule has 8 nitrogen and oxygen atoms in total. The Bertz CT molecular complexity index is 885. The lowest BCUT2D eigenvalue weighted by Gasteiger charge is -2.09. The summed E-state index contributed by atoms with van der Waals surface area (Å²) in [6.07, 6.45) is 0. The highest BCUT2D eigenvalue weighted by Gasteiger charge is 2.15. The first-order valence-electron chi connectivity index (χ1n) is 7.07. The highest BCUT2D eigenvalue weighted by molar-refractivity contribution is 7.91. The molecule has 0 unspecified atom stereocenters. The van der Waals surface area contributed by atoms with Crippen LogP contribution in [0.25, 0.3) is 0 Å². The average molecular weight is 383 g/mol. The number of nitrogens with two attached hydrogens (primary N) is 1. The van der Waals surface area contributed by atoms with E-state index in [1.54, 1.807) is 12.1 Å². The third kappa shape index (κ3) is 5.55. The molecule has 0 saturated heterocycles. The molecule has 2 amide bonds. The van der Waals surface area contributed by atoms with E-state index in [-0.39, 0.29) is 16.4 Å². The molecule has 0 bridgehead atoms. The molecule has 1 heterocycles. The molecular weight excluding hydrogens is 366 g/mol. The predicted octanol–water partition coefficient (Wildman–Crippen LogP) is 0.852. The van der Waals surface area contributed by atoms with Crippen molar-refractivity contribution in [1.29, 1.82) is 0 Å². The van der Waals surface area contributed by atoms with Gasteiger partial charge >= 0.3 is 0 Å². The van der Waals surface area contributed by atoms with Crippen molar-refractivity contribution in [1.82, 2.24) is 10.9 Å². The second kappa shape index (κ2) is 7.64. The maximum absolute atomic E-state index is 11.9. The number of sulfonamides is 1. The Morgan fingerprint density at radius 3 is 2.32 bits per heavy atom. The number of primary sulfonamides is 1. The second-order valence-corrected chi connectivity index (χ2v) is 8.01. The predicted molar refractivity (Wildman–Crippen MR) is 92.7 cm³/mol. The number of hydrazine groups is 1. The van der Waals surface area contributed by atoms with Crippen LogP contribution in [0.5, 0.6) is 5.75 Å². The van der Waals surface area contributed by atoms with Crippen molar-refractivity contribution in [3.8, 4) is 5.75 Å². The number of thiophene rings is 1. The van der Waals surface area contributed by atoms with Gasteiger partial charge in [-0.2, -0.15) is 0 Å². The zero-order chi connectivity index (χ0) is 18.6. The van der Waals surface area contributed by atoms with E-state index in [1.807, 2.05) is 19.9 Å². The molecule has 0 radical (unpaired) electrons. The van der Waals surface area contributed by atoms with Crippen LogP contribution in [-0.2, 0) is 14.8 Å². The fourth-order valence-corrected chi connectivity index (χ4v) is 3.57. The monoisotopic (exact) mass is 383 g/mol. The van der Waals surface area contributed by atoms with E-state index in [4.69, 9.17) is 9.88 Å². The van der Waals surface area contributed by atoms with E-state index in [1.165, 1.54) is 5.38 Å². The lowest BCUT2D eigenvalue weighted by Crippen LogP contribution is -2.43. The van der Waals surface area contributed by atoms with Crippen LogP contribution < -0.4 is 20.7 Å². The molecule has 1 aromatic heterocycles. The number of carbonyl (C=O) groups is 2. The number of nitrogens with one attached hydrogen (secondary N) is 2. The molecule has 1 aromatic carbocycles. The van der Waals surface area contributed by atoms with Crippen LogP contribution in [-0.4, -0.2) is 26.8 Å². The second-order valence-electron chi connectivity index (χ2n) is 5.31. The van der Waals surface area contributed by atoms with Gasteiger partial charge in [-0.25, -0.2) is 13.6 Å². The maximum atomic E-state index is 11.9. The molecule has 2 aromatic rings. The van der Waals surface area contributed by atoms with Crippen LogP contribution in [0.4, 0.5) is 0 Å². The van der Waals surface area contributed by atoms with Gasteiger partial charge in [-0.1, -0.05) is 6.07 Å². The van der Waals surface area contributed by atoms with Crippen LogP contribution in [0.3, 0.4) is 0 Å². The van der Waals surface area contributed by atoms with Crippen molar-refractivity contribution >= 4 is 33.2 Å². The van der Waals surface area contributed by atoms with Gasteiger partial charge in [0.2, 0.25) is 10.0 Å². The summed E-state index contributed by atoms with van der Waals surface area (Å²) < 4.78 is 27.6. The number of hydrogen-bond acceptors (Lipinski definition) is 6. The summed E-state index contributed by atoms with van der Waals surface area (Å²) in [5, 5.41) is 6.30. The third-order valence-electron chi connectivity index (χ3n) is 3.00. The zero-order valence-corrected chi connectivity index (χ0v) is 15.2. The van der Waals surface area contributed by atoms with E-state index >= 15 is 0 Å². The van der Waals surface area contributed by atoms with Gasteiger partial charge in [0.25, 0.3) is 11.8 Å². The molecule has 0 spiro atoms. The SMILES string of the molecule is Cc1cc(C)cc(OCC(=O)NNC(=O)c2csc(S(N)(=O)=O)c2)c1. The number of rotatable bonds is 5. The first-order chi connectivity index (χ1) is 11.6. The quantitative estimate of drug-likeness (QED) is 0.660. The first kappa shape index (κ1) is 18.9. The van der Waals surface area contributed by atoms with Crippen LogP contribution in [0.2, 0.25) is 0 Å². The molecule has 4 N–H and O–H groups in total. The lowest BCUT2D eigenvalue weighted by molar-refractivity contribution is -0.123. The van der Waals surface area contributed by atoms with E-state index in [0.717, 1.165) is 28.5 Å². The Kier molecular flexibility index (Phi) is 5.77. The Balaban J connectivity index is 1.85. The molecule has 0 saturated carbocycles. The Morgan fingerprint density at radius 1 is 1.12 bits per heavy atom. The zero-order valence-electron chi connectivity index (χ0n) is 13.5. The van der Waals surface area contributed by atoms with Crippen LogP contribution >= 0.6 is 11.3 Å². The highest BCUT2D eigenvalue weighted by Crippen LogP contribution is 2.18. The van der Waals surface area contributed by atoms with Crippen LogP contribution in [0.1, 0.15) is 21.5 Å². The Morgan fingerprint density at radius 2 is 1.76 bits per heavy atom. The number of carbonyl (C=O) groups excluding carboxylic acids is 2. The largest absolute Gasteiger partial charge is 0.484 e. The van der Waals surface area contributed by atoms with Crippen molar-refractivity contribution in [3.63, 3.8) is 0 Å². The van der Waals surface area contributed by atoms with Gasteiger partial charge in [0, 0.05) is 5.38 Å². The standard InChI is InChI=1S/C15H17N3O5S2/c1-9-3-10(2)5-12(4-9)23-7-13(19)17-18-15(20)11-6-14(24-8-11)25(16,21)22/h3-6,8H,7H2,1-2H3,(H,17,19)(H,18,20)(H2,16,21,22). The fourth-order valence-electron chi connectivity index (χ4n) is 1.98. The van der Waals surface area contributed by atoms with Gasteiger partial charge in [-0.05, 0) is 43.2 Å². The average Bonchev–Trinajstić information content (AvgIpc) is 3.00. The summed E-state index contributed by atoms with van der Waals surface area (Å²) in [5.41, 5.74) is 6.45. The van der Waals surface area contributed by atoms with E-state index < -0.39 is 21.8 Å². The van der Waals surface area contributed by atoms with Crippen LogP contribution in [0, 0.1) is 13.8 Å². The van der Waals surface area contributed by atoms with E-state index in [0.29, 0.717) is 5.75 Å². The molecule has 2 rings (SSSR count). The van der Waals surface area contributed by atoms with Gasteiger partial charge in [0.15, 0.2) is 6.61 Å². The number of aryl methyl sites for hydroxylation is 2. The maximum Gasteiger partial charge on any atom is 0.276 e. The number of amides is 2. The van der Waals surface area contributed by atoms with Gasteiger partial charge in [-0.15, -0.1) is 11.3 Å². The van der Waals surface area contributed by atoms with Crippen molar-refractivity contribution < 1.29 is 22.7 Å². The van der Waals surface area contributed by atoms with E-state index in [9.17, 15) is 18.0 Å². The molecule has 10 heteroatoms. The molecule has 0 aliphatic carbocycles. The fraction of sp³-hybridized carbons (Fsp3) is 0.200. The Hall–Kier alpha value is -2.43. The summed E-state index contributed by atoms with van der Waals surface area (Å²) in [5.74, 6) is -0.671. The minimum atomic E-state index is -3.86. The molecule has 0 atom stereocenters. The minimum Gasteiger partial charge on any atom is -0.484 e. The summed E-state index contributed by atoms with van der Waals surface area (Å²) in [6, 6.07) is 6.69. The highest BCUT2D eigenvalue weighted by atomic mass is 32.2. The van der Waals surface area contributed by atoms with Gasteiger partial charge in [-0.3, -0.25) is 20.4 Å². The van der Waals surface area contributed by atoms with Gasteiger partial charge < -0.3 is 4.74 Å². The minimum absolute atomic E-state index is 0.0737. The molecule has 25 heavy (non-hydrogen) atoms. The smallest absolute Gasteiger partial charge is 0.276 e. The third-order valence-corrected chi connectivity index (χ3v) is 5.38. The molecule has 134 valence electrons. The molecule has 0 aliphatic heterocycles. The lowest BCUT2D eigenvalue weighted by atomic mass is 10.1. The normalized spacial score (nSPS) is 11.0. The summed E-state index contributed by atoms with van der Waals surface area (Å²) >= 11 is 0.818. The van der Waals surface area contributed by atoms with Crippen molar-refractivity contribution in [2.45, 2.75) is 18.1 Å². The van der Waals surface area contributed by atoms with Crippen molar-refractivity contribution in [2.75, 3.05) is 6.61 Å². The van der Waals surface area contributed by atoms with Crippen molar-refractivity contribution in [3.05, 3.63) is 46.3 Å². The number of benzene rings is 1. The van der Waals surface area contributed by atoms with Gasteiger partial charge in [0.1, 0.15) is 9.96 Å². The van der Waals surface area contributed by atoms with Gasteiger partial charge in [0.05, 0.1) is 5.56 Å². The summed E-state index contributed by atoms with van der Waals surface area (Å²) in [4.78, 5) is 23.6. The topological polar surface area (TPSA) is 128 Å².